The summed E-state index contributed by atoms with van der Waals surface area (Å²) in [5.74, 6) is 0. The number of methoxy groups -OCH3 is 1. The first-order valence-corrected chi connectivity index (χ1v) is 8.78. The number of thiazole rings is 1. The van der Waals surface area contributed by atoms with E-state index >= 15 is 0 Å². The zero-order chi connectivity index (χ0) is 15.3. The summed E-state index contributed by atoms with van der Waals surface area (Å²) in [6.07, 6.45) is 3.97. The Morgan fingerprint density at radius 2 is 2.10 bits per heavy atom. The molecule has 5 heteroatoms. The van der Waals surface area contributed by atoms with Gasteiger partial charge in [0.1, 0.15) is 10.6 Å². The van der Waals surface area contributed by atoms with Gasteiger partial charge in [-0.2, -0.15) is 0 Å². The van der Waals surface area contributed by atoms with Crippen LogP contribution < -0.4 is 5.32 Å². The van der Waals surface area contributed by atoms with E-state index in [-0.39, 0.29) is 5.60 Å². The van der Waals surface area contributed by atoms with Gasteiger partial charge in [0.05, 0.1) is 5.69 Å². The zero-order valence-electron chi connectivity index (χ0n) is 13.7. The van der Waals surface area contributed by atoms with E-state index in [1.165, 1.54) is 10.6 Å². The highest BCUT2D eigenvalue weighted by Gasteiger charge is 2.38. The molecule has 2 heterocycles. The first kappa shape index (κ1) is 16.9. The van der Waals surface area contributed by atoms with Crippen LogP contribution in [-0.4, -0.2) is 31.3 Å². The van der Waals surface area contributed by atoms with Gasteiger partial charge < -0.3 is 14.8 Å². The Bertz CT molecular complexity index is 439. The van der Waals surface area contributed by atoms with Crippen LogP contribution in [0, 0.1) is 0 Å². The van der Waals surface area contributed by atoms with E-state index in [1.54, 1.807) is 7.11 Å². The summed E-state index contributed by atoms with van der Waals surface area (Å²) < 4.78 is 11.4. The van der Waals surface area contributed by atoms with E-state index in [4.69, 9.17) is 14.5 Å². The van der Waals surface area contributed by atoms with E-state index < -0.39 is 0 Å². The van der Waals surface area contributed by atoms with Crippen molar-refractivity contribution in [1.29, 1.82) is 0 Å². The van der Waals surface area contributed by atoms with Crippen molar-refractivity contribution in [3.05, 3.63) is 15.6 Å². The molecular weight excluding hydrogens is 284 g/mol. The minimum absolute atomic E-state index is 0.235. The lowest BCUT2D eigenvalue weighted by atomic mass is 9.95. The van der Waals surface area contributed by atoms with Gasteiger partial charge in [0.25, 0.3) is 0 Å². The Labute approximate surface area is 132 Å². The molecule has 1 N–H and O–H groups in total. The van der Waals surface area contributed by atoms with Gasteiger partial charge in [0.15, 0.2) is 0 Å². The molecular formula is C16H28N2O2S. The van der Waals surface area contributed by atoms with E-state index in [0.717, 1.165) is 50.4 Å². The fourth-order valence-electron chi connectivity index (χ4n) is 2.65. The monoisotopic (exact) mass is 312 g/mol. The minimum Gasteiger partial charge on any atom is -0.381 e. The van der Waals surface area contributed by atoms with Crippen LogP contribution in [0.2, 0.25) is 0 Å². The number of ether oxygens (including phenoxy) is 2. The van der Waals surface area contributed by atoms with Crippen molar-refractivity contribution >= 4 is 11.3 Å². The lowest BCUT2D eigenvalue weighted by molar-refractivity contribution is -0.0948. The Morgan fingerprint density at radius 1 is 1.38 bits per heavy atom. The molecule has 1 aliphatic heterocycles. The van der Waals surface area contributed by atoms with Crippen molar-refractivity contribution in [3.63, 3.8) is 0 Å². The fourth-order valence-corrected chi connectivity index (χ4v) is 3.94. The number of hydrogen-bond donors (Lipinski definition) is 1. The summed E-state index contributed by atoms with van der Waals surface area (Å²) in [5, 5.41) is 4.65. The van der Waals surface area contributed by atoms with Crippen LogP contribution in [0.4, 0.5) is 0 Å². The first-order valence-electron chi connectivity index (χ1n) is 7.96. The molecule has 4 nitrogen and oxygen atoms in total. The lowest BCUT2D eigenvalue weighted by Gasteiger charge is -2.33. The molecule has 0 bridgehead atoms. The topological polar surface area (TPSA) is 43.4 Å². The van der Waals surface area contributed by atoms with Crippen LogP contribution in [0.15, 0.2) is 0 Å². The minimum atomic E-state index is -0.235. The molecule has 1 aromatic rings. The number of aryl methyl sites for hydroxylation is 1. The van der Waals surface area contributed by atoms with Crippen LogP contribution in [-0.2, 0) is 28.0 Å². The number of rotatable bonds is 7. The molecule has 1 fully saturated rings. The third-order valence-electron chi connectivity index (χ3n) is 4.02. The van der Waals surface area contributed by atoms with Crippen LogP contribution in [0.1, 0.15) is 55.6 Å². The summed E-state index contributed by atoms with van der Waals surface area (Å²) in [7, 11) is 1.80. The maximum atomic E-state index is 5.88. The van der Waals surface area contributed by atoms with Crippen molar-refractivity contribution in [2.75, 3.05) is 20.3 Å². The Balaban J connectivity index is 2.24. The molecule has 0 aromatic carbocycles. The predicted molar refractivity (Wildman–Crippen MR) is 86.8 cm³/mol. The molecule has 1 aromatic heterocycles. The molecule has 0 saturated carbocycles. The van der Waals surface area contributed by atoms with Crippen molar-refractivity contribution < 1.29 is 9.47 Å². The van der Waals surface area contributed by atoms with Crippen molar-refractivity contribution in [2.24, 2.45) is 0 Å². The molecule has 21 heavy (non-hydrogen) atoms. The highest BCUT2D eigenvalue weighted by molar-refractivity contribution is 7.11. The summed E-state index contributed by atoms with van der Waals surface area (Å²) in [6, 6.07) is 0.490. The van der Waals surface area contributed by atoms with Gasteiger partial charge in [-0.15, -0.1) is 11.3 Å². The van der Waals surface area contributed by atoms with Gasteiger partial charge in [0, 0.05) is 50.6 Å². The van der Waals surface area contributed by atoms with E-state index in [2.05, 4.69) is 26.1 Å². The largest absolute Gasteiger partial charge is 0.381 e. The van der Waals surface area contributed by atoms with E-state index in [0.29, 0.717) is 6.04 Å². The standard InChI is InChI=1S/C16H28N2O2S/c1-5-6-13-14(11-17-12(2)3)21-15(18-13)16(19-4)7-9-20-10-8-16/h12,17H,5-11H2,1-4H3. The molecule has 1 aliphatic rings. The van der Waals surface area contributed by atoms with E-state index in [9.17, 15) is 0 Å². The SMILES string of the molecule is CCCc1nc(C2(OC)CCOCC2)sc1CNC(C)C. The average molecular weight is 312 g/mol. The molecule has 0 atom stereocenters. The van der Waals surface area contributed by atoms with Crippen LogP contribution in [0.5, 0.6) is 0 Å². The third-order valence-corrected chi connectivity index (χ3v) is 5.30. The zero-order valence-corrected chi connectivity index (χ0v) is 14.5. The van der Waals surface area contributed by atoms with Crippen molar-refractivity contribution in [1.82, 2.24) is 10.3 Å². The number of nitrogens with one attached hydrogen (secondary N) is 1. The summed E-state index contributed by atoms with van der Waals surface area (Å²) in [4.78, 5) is 6.31. The Morgan fingerprint density at radius 3 is 2.67 bits per heavy atom. The average Bonchev–Trinajstić information content (AvgIpc) is 2.90. The highest BCUT2D eigenvalue weighted by Crippen LogP contribution is 2.39. The first-order chi connectivity index (χ1) is 10.1. The summed E-state index contributed by atoms with van der Waals surface area (Å²) in [5.41, 5.74) is 1.01. The Hall–Kier alpha value is -0.490. The summed E-state index contributed by atoms with van der Waals surface area (Å²) >= 11 is 1.82. The van der Waals surface area contributed by atoms with Gasteiger partial charge in [-0.05, 0) is 6.42 Å². The van der Waals surface area contributed by atoms with Gasteiger partial charge in [-0.3, -0.25) is 0 Å². The molecule has 120 valence electrons. The second-order valence-electron chi connectivity index (χ2n) is 5.99. The van der Waals surface area contributed by atoms with Gasteiger partial charge in [-0.1, -0.05) is 27.2 Å². The van der Waals surface area contributed by atoms with Gasteiger partial charge >= 0.3 is 0 Å². The van der Waals surface area contributed by atoms with Gasteiger partial charge in [0.2, 0.25) is 0 Å². The Kier molecular flexibility index (Phi) is 6.17. The van der Waals surface area contributed by atoms with Crippen molar-refractivity contribution in [3.8, 4) is 0 Å². The maximum Gasteiger partial charge on any atom is 0.125 e. The predicted octanol–water partition coefficient (Wildman–Crippen LogP) is 3.25. The lowest BCUT2D eigenvalue weighted by Crippen LogP contribution is -2.35. The van der Waals surface area contributed by atoms with Crippen molar-refractivity contribution in [2.45, 2.75) is 64.6 Å². The molecule has 0 aliphatic carbocycles. The molecule has 1 saturated heterocycles. The molecule has 0 radical (unpaired) electrons. The molecule has 2 rings (SSSR count). The second kappa shape index (κ2) is 7.68. The van der Waals surface area contributed by atoms with Gasteiger partial charge in [-0.25, -0.2) is 4.98 Å². The molecule has 0 amide bonds. The van der Waals surface area contributed by atoms with Crippen LogP contribution in [0.25, 0.3) is 0 Å². The third kappa shape index (κ3) is 4.03. The summed E-state index contributed by atoms with van der Waals surface area (Å²) in [6.45, 7) is 8.99. The smallest absolute Gasteiger partial charge is 0.125 e. The normalized spacial score (nSPS) is 18.3. The number of nitrogens with zero attached hydrogens (tertiary/aromatic N) is 1. The maximum absolute atomic E-state index is 5.88. The van der Waals surface area contributed by atoms with Crippen LogP contribution >= 0.6 is 11.3 Å². The highest BCUT2D eigenvalue weighted by atomic mass is 32.1. The van der Waals surface area contributed by atoms with E-state index in [1.807, 2.05) is 11.3 Å². The fraction of sp³-hybridized carbons (Fsp3) is 0.812. The van der Waals surface area contributed by atoms with Crippen LogP contribution in [0.3, 0.4) is 0 Å². The molecule has 0 unspecified atom stereocenters. The quantitative estimate of drug-likeness (QED) is 0.839. The number of aromatic nitrogens is 1. The number of hydrogen-bond acceptors (Lipinski definition) is 5. The second-order valence-corrected chi connectivity index (χ2v) is 7.07. The molecule has 0 spiro atoms.